The van der Waals surface area contributed by atoms with Gasteiger partial charge in [0.15, 0.2) is 0 Å². The van der Waals surface area contributed by atoms with E-state index in [4.69, 9.17) is 0 Å². The van der Waals surface area contributed by atoms with Crippen LogP contribution in [0.3, 0.4) is 0 Å². The van der Waals surface area contributed by atoms with Crippen LogP contribution < -0.4 is 5.32 Å². The van der Waals surface area contributed by atoms with E-state index in [9.17, 15) is 0 Å². The Bertz CT molecular complexity index is 391. The Balaban J connectivity index is 2.07. The molecule has 0 bridgehead atoms. The molecule has 0 spiro atoms. The first-order valence-corrected chi connectivity index (χ1v) is 7.01. The molecule has 1 atom stereocenters. The summed E-state index contributed by atoms with van der Waals surface area (Å²) in [5.41, 5.74) is 1.04. The lowest BCUT2D eigenvalue weighted by Crippen LogP contribution is -2.37. The minimum Gasteiger partial charge on any atom is -0.370 e. The molecule has 4 nitrogen and oxygen atoms in total. The Morgan fingerprint density at radius 3 is 2.94 bits per heavy atom. The molecule has 4 heteroatoms. The zero-order valence-electron chi connectivity index (χ0n) is 11.7. The molecule has 1 fully saturated rings. The molecule has 1 unspecified atom stereocenters. The molecular formula is C14H24N4. The lowest BCUT2D eigenvalue weighted by molar-refractivity contribution is 0.149. The van der Waals surface area contributed by atoms with Gasteiger partial charge in [-0.05, 0) is 40.2 Å². The van der Waals surface area contributed by atoms with Gasteiger partial charge in [0.05, 0.1) is 6.54 Å². The molecule has 100 valence electrons. The number of nitrogens with one attached hydrogen (secondary N) is 1. The van der Waals surface area contributed by atoms with Crippen molar-refractivity contribution in [1.82, 2.24) is 14.9 Å². The molecule has 0 aliphatic carbocycles. The predicted octanol–water partition coefficient (Wildman–Crippen LogP) is 2.59. The van der Waals surface area contributed by atoms with Gasteiger partial charge in [0.25, 0.3) is 0 Å². The summed E-state index contributed by atoms with van der Waals surface area (Å²) in [6.07, 6.45) is 3.96. The molecule has 0 amide bonds. The number of piperidine rings is 1. The van der Waals surface area contributed by atoms with Crippen LogP contribution in [0.5, 0.6) is 0 Å². The third kappa shape index (κ3) is 3.42. The third-order valence-corrected chi connectivity index (χ3v) is 3.54. The van der Waals surface area contributed by atoms with Crippen molar-refractivity contribution in [2.24, 2.45) is 0 Å². The smallest absolute Gasteiger partial charge is 0.144 e. The number of aryl methyl sites for hydroxylation is 1. The highest BCUT2D eigenvalue weighted by Crippen LogP contribution is 2.18. The first kappa shape index (κ1) is 13.3. The van der Waals surface area contributed by atoms with Crippen LogP contribution in [-0.4, -0.2) is 34.0 Å². The Morgan fingerprint density at radius 1 is 1.39 bits per heavy atom. The fourth-order valence-electron chi connectivity index (χ4n) is 2.55. The van der Waals surface area contributed by atoms with E-state index in [1.165, 1.54) is 25.8 Å². The van der Waals surface area contributed by atoms with Crippen LogP contribution in [-0.2, 0) is 6.54 Å². The highest BCUT2D eigenvalue weighted by molar-refractivity contribution is 5.35. The normalized spacial score (nSPS) is 20.9. The van der Waals surface area contributed by atoms with Gasteiger partial charge in [-0.2, -0.15) is 0 Å². The van der Waals surface area contributed by atoms with Gasteiger partial charge in [-0.1, -0.05) is 6.42 Å². The van der Waals surface area contributed by atoms with Crippen molar-refractivity contribution < 1.29 is 0 Å². The van der Waals surface area contributed by atoms with E-state index in [1.54, 1.807) is 0 Å². The number of aromatic nitrogens is 2. The summed E-state index contributed by atoms with van der Waals surface area (Å²) in [7, 11) is 0. The lowest BCUT2D eigenvalue weighted by Gasteiger charge is -2.32. The average Bonchev–Trinajstić information content (AvgIpc) is 2.32. The van der Waals surface area contributed by atoms with Crippen LogP contribution in [0.2, 0.25) is 0 Å². The molecule has 1 aromatic rings. The van der Waals surface area contributed by atoms with Crippen molar-refractivity contribution in [3.05, 3.63) is 17.6 Å². The number of rotatable bonds is 4. The summed E-state index contributed by atoms with van der Waals surface area (Å²) in [5.74, 6) is 1.89. The Morgan fingerprint density at radius 2 is 2.22 bits per heavy atom. The van der Waals surface area contributed by atoms with Crippen LogP contribution in [0.25, 0.3) is 0 Å². The zero-order chi connectivity index (χ0) is 13.0. The van der Waals surface area contributed by atoms with Gasteiger partial charge in [-0.3, -0.25) is 4.90 Å². The average molecular weight is 248 g/mol. The van der Waals surface area contributed by atoms with E-state index in [0.29, 0.717) is 6.04 Å². The van der Waals surface area contributed by atoms with Crippen LogP contribution in [0.4, 0.5) is 5.82 Å². The monoisotopic (exact) mass is 248 g/mol. The van der Waals surface area contributed by atoms with Gasteiger partial charge in [0.2, 0.25) is 0 Å². The highest BCUT2D eigenvalue weighted by atomic mass is 15.2. The fourth-order valence-corrected chi connectivity index (χ4v) is 2.55. The van der Waals surface area contributed by atoms with Gasteiger partial charge in [-0.15, -0.1) is 0 Å². The van der Waals surface area contributed by atoms with Crippen molar-refractivity contribution in [2.75, 3.05) is 18.4 Å². The molecule has 1 saturated heterocycles. The maximum atomic E-state index is 4.59. The molecule has 2 rings (SSSR count). The fraction of sp³-hybridized carbons (Fsp3) is 0.714. The van der Waals surface area contributed by atoms with Crippen molar-refractivity contribution in [3.63, 3.8) is 0 Å². The largest absolute Gasteiger partial charge is 0.370 e. The maximum absolute atomic E-state index is 4.59. The summed E-state index contributed by atoms with van der Waals surface area (Å²) in [5, 5.41) is 3.27. The number of anilines is 1. The first-order valence-electron chi connectivity index (χ1n) is 7.01. The van der Waals surface area contributed by atoms with Crippen molar-refractivity contribution >= 4 is 5.82 Å². The van der Waals surface area contributed by atoms with Crippen molar-refractivity contribution in [2.45, 2.75) is 52.6 Å². The summed E-state index contributed by atoms with van der Waals surface area (Å²) in [6.45, 7) is 9.38. The van der Waals surface area contributed by atoms with Crippen LogP contribution >= 0.6 is 0 Å². The molecule has 1 aliphatic rings. The zero-order valence-corrected chi connectivity index (χ0v) is 11.7. The second-order valence-corrected chi connectivity index (χ2v) is 5.16. The molecule has 0 aromatic carbocycles. The van der Waals surface area contributed by atoms with E-state index in [0.717, 1.165) is 30.4 Å². The van der Waals surface area contributed by atoms with E-state index < -0.39 is 0 Å². The van der Waals surface area contributed by atoms with E-state index in [1.807, 2.05) is 13.0 Å². The van der Waals surface area contributed by atoms with Gasteiger partial charge in [0, 0.05) is 24.3 Å². The quantitative estimate of drug-likeness (QED) is 0.889. The first-order chi connectivity index (χ1) is 8.69. The van der Waals surface area contributed by atoms with Crippen molar-refractivity contribution in [3.8, 4) is 0 Å². The Labute approximate surface area is 110 Å². The second-order valence-electron chi connectivity index (χ2n) is 5.16. The van der Waals surface area contributed by atoms with E-state index in [-0.39, 0.29) is 0 Å². The molecule has 0 radical (unpaired) electrons. The minimum absolute atomic E-state index is 0.658. The van der Waals surface area contributed by atoms with Gasteiger partial charge in [-0.25, -0.2) is 9.97 Å². The Hall–Kier alpha value is -1.16. The molecule has 1 aliphatic heterocycles. The third-order valence-electron chi connectivity index (χ3n) is 3.54. The van der Waals surface area contributed by atoms with Crippen molar-refractivity contribution in [1.29, 1.82) is 0 Å². The minimum atomic E-state index is 0.658. The molecule has 1 aromatic heterocycles. The maximum Gasteiger partial charge on any atom is 0.144 e. The SMILES string of the molecule is CCNc1cc(C)nc(CN2CCCCC2C)n1. The molecular weight excluding hydrogens is 224 g/mol. The number of hydrogen-bond donors (Lipinski definition) is 1. The highest BCUT2D eigenvalue weighted by Gasteiger charge is 2.19. The van der Waals surface area contributed by atoms with Crippen LogP contribution in [0, 0.1) is 6.92 Å². The number of hydrogen-bond acceptors (Lipinski definition) is 4. The molecule has 18 heavy (non-hydrogen) atoms. The van der Waals surface area contributed by atoms with Crippen LogP contribution in [0.15, 0.2) is 6.07 Å². The predicted molar refractivity (Wildman–Crippen MR) is 74.7 cm³/mol. The number of nitrogens with zero attached hydrogens (tertiary/aromatic N) is 3. The topological polar surface area (TPSA) is 41.1 Å². The van der Waals surface area contributed by atoms with Gasteiger partial charge < -0.3 is 5.32 Å². The van der Waals surface area contributed by atoms with Crippen LogP contribution in [0.1, 0.15) is 44.6 Å². The van der Waals surface area contributed by atoms with Gasteiger partial charge >= 0.3 is 0 Å². The Kier molecular flexibility index (Phi) is 4.53. The summed E-state index contributed by atoms with van der Waals surface area (Å²) < 4.78 is 0. The number of likely N-dealkylation sites (tertiary alicyclic amines) is 1. The van der Waals surface area contributed by atoms with E-state index in [2.05, 4.69) is 34.0 Å². The lowest BCUT2D eigenvalue weighted by atomic mass is 10.0. The standard InChI is InChI=1S/C14H24N4/c1-4-15-13-9-11(2)16-14(17-13)10-18-8-6-5-7-12(18)3/h9,12H,4-8,10H2,1-3H3,(H,15,16,17). The molecule has 0 saturated carbocycles. The summed E-state index contributed by atoms with van der Waals surface area (Å²) >= 11 is 0. The van der Waals surface area contributed by atoms with E-state index >= 15 is 0 Å². The van der Waals surface area contributed by atoms with Gasteiger partial charge in [0.1, 0.15) is 11.6 Å². The summed E-state index contributed by atoms with van der Waals surface area (Å²) in [4.78, 5) is 11.6. The summed E-state index contributed by atoms with van der Waals surface area (Å²) in [6, 6.07) is 2.66. The molecule has 2 heterocycles. The second kappa shape index (κ2) is 6.14. The molecule has 1 N–H and O–H groups in total.